The Morgan fingerprint density at radius 1 is 1.46 bits per heavy atom. The molecule has 0 aliphatic heterocycles. The number of hydrogen-bond donors (Lipinski definition) is 2. The monoisotopic (exact) mass is 209 g/mol. The average molecular weight is 209 g/mol. The lowest BCUT2D eigenvalue weighted by atomic mass is 10.1. The number of fused-ring (bicyclic) bond motifs is 1. The third-order valence-electron chi connectivity index (χ3n) is 2.23. The zero-order valence-corrected chi connectivity index (χ0v) is 9.08. The Balaban J connectivity index is 2.83. The van der Waals surface area contributed by atoms with Gasteiger partial charge < -0.3 is 5.73 Å². The first-order valence-electron chi connectivity index (χ1n) is 4.21. The molecule has 0 saturated heterocycles. The molecule has 1 aromatic carbocycles. The molecule has 1 heterocycles. The van der Waals surface area contributed by atoms with Crippen LogP contribution >= 0.6 is 24.0 Å². The van der Waals surface area contributed by atoms with Crippen molar-refractivity contribution in [2.24, 2.45) is 0 Å². The van der Waals surface area contributed by atoms with Gasteiger partial charge in [-0.1, -0.05) is 13.0 Å². The van der Waals surface area contributed by atoms with Crippen LogP contribution in [0.15, 0.2) is 22.4 Å². The Morgan fingerprint density at radius 2 is 2.23 bits per heavy atom. The van der Waals surface area contributed by atoms with Gasteiger partial charge in [0.05, 0.1) is 0 Å². The number of nitrogens with two attached hydrogens (primary N) is 1. The molecule has 2 aromatic rings. The van der Waals surface area contributed by atoms with Gasteiger partial charge in [-0.05, 0) is 18.1 Å². The molecule has 0 unspecified atom stereocenters. The standard InChI is InChI=1S/C10H11NS2/c1-2-6-3-4-8-9(10(6)11)7(12)5-13-8/h3-5,12H,2,11H2,1H3. The van der Waals surface area contributed by atoms with Gasteiger partial charge in [-0.15, -0.1) is 24.0 Å². The van der Waals surface area contributed by atoms with Crippen molar-refractivity contribution in [2.75, 3.05) is 5.73 Å². The highest BCUT2D eigenvalue weighted by atomic mass is 32.1. The molecule has 1 aromatic heterocycles. The van der Waals surface area contributed by atoms with Crippen LogP contribution in [0.1, 0.15) is 12.5 Å². The van der Waals surface area contributed by atoms with Crippen molar-refractivity contribution in [1.82, 2.24) is 0 Å². The molecule has 0 amide bonds. The highest BCUT2D eigenvalue weighted by Gasteiger charge is 2.07. The number of hydrogen-bond acceptors (Lipinski definition) is 3. The van der Waals surface area contributed by atoms with Gasteiger partial charge in [-0.2, -0.15) is 0 Å². The van der Waals surface area contributed by atoms with Crippen LogP contribution in [0.3, 0.4) is 0 Å². The summed E-state index contributed by atoms with van der Waals surface area (Å²) in [6, 6.07) is 4.22. The molecular weight excluding hydrogens is 198 g/mol. The fourth-order valence-electron chi connectivity index (χ4n) is 1.49. The molecule has 13 heavy (non-hydrogen) atoms. The predicted molar refractivity (Wildman–Crippen MR) is 62.9 cm³/mol. The van der Waals surface area contributed by atoms with Crippen molar-refractivity contribution in [3.8, 4) is 0 Å². The lowest BCUT2D eigenvalue weighted by Gasteiger charge is -2.04. The first kappa shape index (κ1) is 8.91. The Labute approximate surface area is 87.0 Å². The first-order valence-corrected chi connectivity index (χ1v) is 5.54. The number of thiol groups is 1. The van der Waals surface area contributed by atoms with E-state index in [1.54, 1.807) is 11.3 Å². The zero-order chi connectivity index (χ0) is 9.42. The van der Waals surface area contributed by atoms with E-state index in [4.69, 9.17) is 5.73 Å². The van der Waals surface area contributed by atoms with Crippen LogP contribution in [0.5, 0.6) is 0 Å². The lowest BCUT2D eigenvalue weighted by Crippen LogP contribution is -1.92. The minimum atomic E-state index is 0.895. The summed E-state index contributed by atoms with van der Waals surface area (Å²) in [5.74, 6) is 0. The van der Waals surface area contributed by atoms with Gasteiger partial charge in [0.15, 0.2) is 0 Å². The van der Waals surface area contributed by atoms with Crippen LogP contribution in [0.2, 0.25) is 0 Å². The number of anilines is 1. The summed E-state index contributed by atoms with van der Waals surface area (Å²) in [5.41, 5.74) is 8.14. The summed E-state index contributed by atoms with van der Waals surface area (Å²) in [4.78, 5) is 0.993. The molecule has 0 bridgehead atoms. The van der Waals surface area contributed by atoms with Crippen LogP contribution in [0.4, 0.5) is 5.69 Å². The van der Waals surface area contributed by atoms with Crippen molar-refractivity contribution in [3.63, 3.8) is 0 Å². The smallest absolute Gasteiger partial charge is 0.0446 e. The van der Waals surface area contributed by atoms with Crippen molar-refractivity contribution in [2.45, 2.75) is 18.2 Å². The van der Waals surface area contributed by atoms with Gasteiger partial charge in [0.1, 0.15) is 0 Å². The van der Waals surface area contributed by atoms with Crippen LogP contribution in [0.25, 0.3) is 10.1 Å². The van der Waals surface area contributed by atoms with E-state index in [2.05, 4.69) is 31.7 Å². The summed E-state index contributed by atoms with van der Waals surface area (Å²) < 4.78 is 1.22. The van der Waals surface area contributed by atoms with E-state index in [-0.39, 0.29) is 0 Å². The first-order chi connectivity index (χ1) is 6.24. The highest BCUT2D eigenvalue weighted by molar-refractivity contribution is 7.80. The third kappa shape index (κ3) is 1.32. The van der Waals surface area contributed by atoms with Gasteiger partial charge in [-0.25, -0.2) is 0 Å². The molecular formula is C10H11NS2. The van der Waals surface area contributed by atoms with Crippen molar-refractivity contribution in [3.05, 3.63) is 23.1 Å². The highest BCUT2D eigenvalue weighted by Crippen LogP contribution is 2.34. The number of nitrogen functional groups attached to an aromatic ring is 1. The maximum absolute atomic E-state index is 6.03. The number of benzene rings is 1. The van der Waals surface area contributed by atoms with E-state index in [0.29, 0.717) is 0 Å². The molecule has 0 atom stereocenters. The van der Waals surface area contributed by atoms with Crippen molar-refractivity contribution in [1.29, 1.82) is 0 Å². The van der Waals surface area contributed by atoms with Crippen molar-refractivity contribution >= 4 is 39.7 Å². The molecule has 0 saturated carbocycles. The fraction of sp³-hybridized carbons (Fsp3) is 0.200. The van der Waals surface area contributed by atoms with E-state index in [1.807, 2.05) is 5.38 Å². The molecule has 68 valence electrons. The summed E-state index contributed by atoms with van der Waals surface area (Å²) in [6.07, 6.45) is 0.977. The number of aryl methyl sites for hydroxylation is 1. The van der Waals surface area contributed by atoms with Gasteiger partial charge >= 0.3 is 0 Å². The largest absolute Gasteiger partial charge is 0.398 e. The Morgan fingerprint density at radius 3 is 2.92 bits per heavy atom. The second-order valence-electron chi connectivity index (χ2n) is 2.99. The Kier molecular flexibility index (Phi) is 2.22. The van der Waals surface area contributed by atoms with Gasteiger partial charge in [0, 0.05) is 26.0 Å². The Hall–Kier alpha value is -0.670. The van der Waals surface area contributed by atoms with Crippen molar-refractivity contribution < 1.29 is 0 Å². The fourth-order valence-corrected chi connectivity index (χ4v) is 2.81. The lowest BCUT2D eigenvalue weighted by molar-refractivity contribution is 1.15. The molecule has 0 fully saturated rings. The number of rotatable bonds is 1. The van der Waals surface area contributed by atoms with E-state index in [0.717, 1.165) is 22.4 Å². The van der Waals surface area contributed by atoms with Gasteiger partial charge in [-0.3, -0.25) is 0 Å². The minimum Gasteiger partial charge on any atom is -0.398 e. The molecule has 3 heteroatoms. The van der Waals surface area contributed by atoms with Gasteiger partial charge in [0.25, 0.3) is 0 Å². The summed E-state index contributed by atoms with van der Waals surface area (Å²) in [6.45, 7) is 2.11. The molecule has 0 aliphatic carbocycles. The SMILES string of the molecule is CCc1ccc2scc(S)c2c1N. The normalized spacial score (nSPS) is 10.9. The van der Waals surface area contributed by atoms with Crippen LogP contribution in [0, 0.1) is 0 Å². The summed E-state index contributed by atoms with van der Waals surface area (Å²) in [7, 11) is 0. The van der Waals surface area contributed by atoms with Crippen LogP contribution in [-0.4, -0.2) is 0 Å². The van der Waals surface area contributed by atoms with E-state index >= 15 is 0 Å². The molecule has 0 radical (unpaired) electrons. The second-order valence-corrected chi connectivity index (χ2v) is 4.38. The minimum absolute atomic E-state index is 0.895. The second kappa shape index (κ2) is 3.24. The van der Waals surface area contributed by atoms with E-state index in [1.165, 1.54) is 10.3 Å². The summed E-state index contributed by atoms with van der Waals surface area (Å²) >= 11 is 6.08. The summed E-state index contributed by atoms with van der Waals surface area (Å²) in [5, 5.41) is 3.15. The van der Waals surface area contributed by atoms with Crippen LogP contribution in [-0.2, 0) is 6.42 Å². The van der Waals surface area contributed by atoms with E-state index in [9.17, 15) is 0 Å². The Bertz CT molecular complexity index is 445. The maximum Gasteiger partial charge on any atom is 0.0446 e. The average Bonchev–Trinajstić information content (AvgIpc) is 2.49. The molecule has 2 rings (SSSR count). The maximum atomic E-state index is 6.03. The zero-order valence-electron chi connectivity index (χ0n) is 7.37. The van der Waals surface area contributed by atoms with Gasteiger partial charge in [0.2, 0.25) is 0 Å². The quantitative estimate of drug-likeness (QED) is 0.547. The molecule has 1 nitrogen and oxygen atoms in total. The van der Waals surface area contributed by atoms with E-state index < -0.39 is 0 Å². The molecule has 2 N–H and O–H groups in total. The molecule has 0 spiro atoms. The number of thiophene rings is 1. The van der Waals surface area contributed by atoms with Crippen LogP contribution < -0.4 is 5.73 Å². The molecule has 0 aliphatic rings. The predicted octanol–water partition coefficient (Wildman–Crippen LogP) is 3.33. The topological polar surface area (TPSA) is 26.0 Å². The third-order valence-corrected chi connectivity index (χ3v) is 3.71.